The van der Waals surface area contributed by atoms with Crippen molar-refractivity contribution >= 4 is 11.9 Å². The molecule has 0 N–H and O–H groups in total. The summed E-state index contributed by atoms with van der Waals surface area (Å²) in [7, 11) is 0. The Morgan fingerprint density at radius 1 is 0.724 bits per heavy atom. The Morgan fingerprint density at radius 2 is 1.14 bits per heavy atom. The Bertz CT molecular complexity index is 793. The molecule has 2 aromatic carbocycles. The summed E-state index contributed by atoms with van der Waals surface area (Å²) in [5.41, 5.74) is 3.41. The third-order valence-corrected chi connectivity index (χ3v) is 5.48. The molecule has 0 heterocycles. The number of rotatable bonds is 9. The molecule has 4 heteroatoms. The van der Waals surface area contributed by atoms with Gasteiger partial charge in [-0.25, -0.2) is 9.59 Å². The van der Waals surface area contributed by atoms with Crippen LogP contribution in [-0.4, -0.2) is 24.1 Å². The number of esters is 2. The SMILES string of the molecule is CCc1ccc(C(=O)OC(C)C(C)C(CC)OC(=O)c2ccc(CC)cc2)cc1. The molecule has 0 aliphatic carbocycles. The van der Waals surface area contributed by atoms with E-state index < -0.39 is 0 Å². The lowest BCUT2D eigenvalue weighted by molar-refractivity contribution is -0.0238. The molecule has 3 atom stereocenters. The highest BCUT2D eigenvalue weighted by molar-refractivity contribution is 5.90. The third kappa shape index (κ3) is 6.18. The van der Waals surface area contributed by atoms with Crippen LogP contribution < -0.4 is 0 Å². The fraction of sp³-hybridized carbons (Fsp3) is 0.440. The summed E-state index contributed by atoms with van der Waals surface area (Å²) >= 11 is 0. The number of hydrogen-bond acceptors (Lipinski definition) is 4. The van der Waals surface area contributed by atoms with Crippen LogP contribution in [-0.2, 0) is 22.3 Å². The van der Waals surface area contributed by atoms with E-state index in [9.17, 15) is 9.59 Å². The Kier molecular flexibility index (Phi) is 8.44. The average Bonchev–Trinajstić information content (AvgIpc) is 2.76. The first kappa shape index (κ1) is 22.7. The minimum absolute atomic E-state index is 0.127. The number of benzene rings is 2. The maximum absolute atomic E-state index is 12.5. The van der Waals surface area contributed by atoms with Crippen LogP contribution in [0.5, 0.6) is 0 Å². The van der Waals surface area contributed by atoms with Crippen molar-refractivity contribution in [1.82, 2.24) is 0 Å². The predicted molar refractivity (Wildman–Crippen MR) is 115 cm³/mol. The average molecular weight is 397 g/mol. The molecule has 0 bridgehead atoms. The Labute approximate surface area is 174 Å². The second kappa shape index (κ2) is 10.8. The van der Waals surface area contributed by atoms with Crippen molar-refractivity contribution in [2.75, 3.05) is 0 Å². The van der Waals surface area contributed by atoms with Crippen molar-refractivity contribution in [1.29, 1.82) is 0 Å². The second-order valence-electron chi connectivity index (χ2n) is 7.42. The topological polar surface area (TPSA) is 52.6 Å². The zero-order valence-electron chi connectivity index (χ0n) is 18.1. The van der Waals surface area contributed by atoms with E-state index in [4.69, 9.17) is 9.47 Å². The lowest BCUT2D eigenvalue weighted by Crippen LogP contribution is -2.34. The molecular weight excluding hydrogens is 364 g/mol. The van der Waals surface area contributed by atoms with Gasteiger partial charge < -0.3 is 9.47 Å². The number of hydrogen-bond donors (Lipinski definition) is 0. The van der Waals surface area contributed by atoms with Gasteiger partial charge in [-0.1, -0.05) is 52.0 Å². The van der Waals surface area contributed by atoms with Crippen molar-refractivity contribution in [3.63, 3.8) is 0 Å². The zero-order chi connectivity index (χ0) is 21.4. The van der Waals surface area contributed by atoms with Crippen LogP contribution >= 0.6 is 0 Å². The van der Waals surface area contributed by atoms with E-state index in [0.29, 0.717) is 17.5 Å². The van der Waals surface area contributed by atoms with Gasteiger partial charge in [-0.3, -0.25) is 0 Å². The van der Waals surface area contributed by atoms with Crippen LogP contribution in [0.1, 0.15) is 72.9 Å². The fourth-order valence-electron chi connectivity index (χ4n) is 3.17. The maximum Gasteiger partial charge on any atom is 0.338 e. The summed E-state index contributed by atoms with van der Waals surface area (Å²) in [5.74, 6) is -0.832. The van der Waals surface area contributed by atoms with Gasteiger partial charge in [0.05, 0.1) is 11.1 Å². The van der Waals surface area contributed by atoms with Gasteiger partial charge in [0.2, 0.25) is 0 Å². The zero-order valence-corrected chi connectivity index (χ0v) is 18.1. The summed E-state index contributed by atoms with van der Waals surface area (Å²) in [5, 5.41) is 0. The van der Waals surface area contributed by atoms with Crippen LogP contribution in [0, 0.1) is 5.92 Å². The van der Waals surface area contributed by atoms with Gasteiger partial charge in [0, 0.05) is 5.92 Å². The summed E-state index contributed by atoms with van der Waals surface area (Å²) in [6.07, 6.45) is 1.78. The van der Waals surface area contributed by atoms with E-state index in [2.05, 4.69) is 13.8 Å². The number of ether oxygens (including phenoxy) is 2. The van der Waals surface area contributed by atoms with Gasteiger partial charge in [-0.2, -0.15) is 0 Å². The van der Waals surface area contributed by atoms with Gasteiger partial charge in [0.1, 0.15) is 12.2 Å². The second-order valence-corrected chi connectivity index (χ2v) is 7.42. The quantitative estimate of drug-likeness (QED) is 0.516. The molecule has 0 aromatic heterocycles. The lowest BCUT2D eigenvalue weighted by Gasteiger charge is -2.28. The molecule has 2 aromatic rings. The third-order valence-electron chi connectivity index (χ3n) is 5.48. The van der Waals surface area contributed by atoms with Gasteiger partial charge in [-0.15, -0.1) is 0 Å². The van der Waals surface area contributed by atoms with Gasteiger partial charge in [-0.05, 0) is 61.6 Å². The highest BCUT2D eigenvalue weighted by Crippen LogP contribution is 2.21. The van der Waals surface area contributed by atoms with Crippen molar-refractivity contribution in [2.45, 2.75) is 66.1 Å². The highest BCUT2D eigenvalue weighted by atomic mass is 16.6. The van der Waals surface area contributed by atoms with E-state index >= 15 is 0 Å². The summed E-state index contributed by atoms with van der Waals surface area (Å²) in [4.78, 5) is 25.0. The molecule has 29 heavy (non-hydrogen) atoms. The molecule has 4 nitrogen and oxygen atoms in total. The summed E-state index contributed by atoms with van der Waals surface area (Å²) in [6.45, 7) is 9.90. The van der Waals surface area contributed by atoms with E-state index in [-0.39, 0.29) is 30.1 Å². The van der Waals surface area contributed by atoms with Gasteiger partial charge >= 0.3 is 11.9 Å². The van der Waals surface area contributed by atoms with Crippen LogP contribution in [0.4, 0.5) is 0 Å². The Hall–Kier alpha value is -2.62. The van der Waals surface area contributed by atoms with Crippen LogP contribution in [0.2, 0.25) is 0 Å². The van der Waals surface area contributed by atoms with Crippen molar-refractivity contribution in [2.24, 2.45) is 5.92 Å². The monoisotopic (exact) mass is 396 g/mol. The molecule has 0 aliphatic rings. The minimum atomic E-state index is -0.381. The van der Waals surface area contributed by atoms with Gasteiger partial charge in [0.25, 0.3) is 0 Å². The predicted octanol–water partition coefficient (Wildman–Crippen LogP) is 5.63. The van der Waals surface area contributed by atoms with Crippen LogP contribution in [0.25, 0.3) is 0 Å². The largest absolute Gasteiger partial charge is 0.459 e. The smallest absolute Gasteiger partial charge is 0.338 e. The highest BCUT2D eigenvalue weighted by Gasteiger charge is 2.28. The van der Waals surface area contributed by atoms with Gasteiger partial charge in [0.15, 0.2) is 0 Å². The van der Waals surface area contributed by atoms with E-state index in [1.165, 1.54) is 11.1 Å². The standard InChI is InChI=1S/C25H32O4/c1-6-19-9-13-21(14-10-19)24(26)28-18(5)17(4)23(8-3)29-25(27)22-15-11-20(7-2)12-16-22/h9-18,23H,6-8H2,1-5H3. The first-order chi connectivity index (χ1) is 13.9. The van der Waals surface area contributed by atoms with Crippen molar-refractivity contribution in [3.8, 4) is 0 Å². The first-order valence-corrected chi connectivity index (χ1v) is 10.5. The lowest BCUT2D eigenvalue weighted by atomic mass is 9.96. The van der Waals surface area contributed by atoms with Crippen LogP contribution in [0.15, 0.2) is 48.5 Å². The van der Waals surface area contributed by atoms with Crippen molar-refractivity contribution < 1.29 is 19.1 Å². The summed E-state index contributed by atoms with van der Waals surface area (Å²) in [6, 6.07) is 14.9. The first-order valence-electron chi connectivity index (χ1n) is 10.5. The van der Waals surface area contributed by atoms with E-state index in [1.54, 1.807) is 24.3 Å². The molecular formula is C25H32O4. The fourth-order valence-corrected chi connectivity index (χ4v) is 3.17. The number of carbonyl (C=O) groups excluding carboxylic acids is 2. The molecule has 0 saturated heterocycles. The maximum atomic E-state index is 12.5. The van der Waals surface area contributed by atoms with E-state index in [1.807, 2.05) is 45.0 Å². The normalized spacial score (nSPS) is 14.0. The molecule has 0 spiro atoms. The Balaban J connectivity index is 1.97. The molecule has 0 amide bonds. The summed E-state index contributed by atoms with van der Waals surface area (Å²) < 4.78 is 11.4. The molecule has 0 aliphatic heterocycles. The van der Waals surface area contributed by atoms with E-state index in [0.717, 1.165) is 12.8 Å². The molecule has 0 radical (unpaired) electrons. The van der Waals surface area contributed by atoms with Crippen LogP contribution in [0.3, 0.4) is 0 Å². The molecule has 2 rings (SSSR count). The molecule has 0 saturated carbocycles. The Morgan fingerprint density at radius 3 is 1.52 bits per heavy atom. The number of aryl methyl sites for hydroxylation is 2. The molecule has 0 fully saturated rings. The number of carbonyl (C=O) groups is 2. The molecule has 156 valence electrons. The molecule has 3 unspecified atom stereocenters. The van der Waals surface area contributed by atoms with Crippen molar-refractivity contribution in [3.05, 3.63) is 70.8 Å². The minimum Gasteiger partial charge on any atom is -0.459 e.